The smallest absolute Gasteiger partial charge is 0.306 e. The zero-order valence-corrected chi connectivity index (χ0v) is 15.3. The lowest BCUT2D eigenvalue weighted by atomic mass is 10.1. The number of thioether (sulfide) groups is 1. The number of nitrogens with zero attached hydrogens (tertiary/aromatic N) is 2. The molecule has 5 nitrogen and oxygen atoms in total. The van der Waals surface area contributed by atoms with Gasteiger partial charge in [-0.1, -0.05) is 41.1 Å². The first-order valence-electron chi connectivity index (χ1n) is 7.62. The van der Waals surface area contributed by atoms with E-state index in [0.717, 1.165) is 16.8 Å². The number of amidine groups is 1. The van der Waals surface area contributed by atoms with Gasteiger partial charge < -0.3 is 5.32 Å². The van der Waals surface area contributed by atoms with Gasteiger partial charge in [-0.25, -0.2) is 4.79 Å². The van der Waals surface area contributed by atoms with Crippen molar-refractivity contribution in [2.45, 2.75) is 13.8 Å². The maximum atomic E-state index is 12.3. The highest BCUT2D eigenvalue weighted by atomic mass is 35.5. The quantitative estimate of drug-likeness (QED) is 0.835. The Balaban J connectivity index is 1.84. The highest BCUT2D eigenvalue weighted by molar-refractivity contribution is 8.15. The topological polar surface area (TPSA) is 61.8 Å². The second kappa shape index (κ2) is 7.29. The Morgan fingerprint density at radius 2 is 1.92 bits per heavy atom. The first kappa shape index (κ1) is 17.5. The summed E-state index contributed by atoms with van der Waals surface area (Å²) < 4.78 is 0. The van der Waals surface area contributed by atoms with Gasteiger partial charge in [0.15, 0.2) is 5.17 Å². The van der Waals surface area contributed by atoms with E-state index in [1.807, 2.05) is 32.0 Å². The fourth-order valence-electron chi connectivity index (χ4n) is 2.51. The minimum absolute atomic E-state index is 0.0880. The average Bonchev–Trinajstić information content (AvgIpc) is 2.90. The second-order valence-corrected chi connectivity index (χ2v) is 7.02. The van der Waals surface area contributed by atoms with Gasteiger partial charge in [-0.2, -0.15) is 4.99 Å². The lowest BCUT2D eigenvalue weighted by molar-refractivity contribution is -0.115. The standard InChI is InChI=1S/C18H16ClN3O2S/c1-11-3-8-15(12(2)9-11)22-16(23)10-25-18(22)21-17(24)20-14-6-4-13(19)5-7-14/h3-9H,10H2,1-2H3,(H,20,24)/b21-18+. The molecule has 0 bridgehead atoms. The summed E-state index contributed by atoms with van der Waals surface area (Å²) in [6.07, 6.45) is 0. The van der Waals surface area contributed by atoms with Crippen molar-refractivity contribution in [2.24, 2.45) is 4.99 Å². The normalized spacial score (nSPS) is 15.7. The fourth-order valence-corrected chi connectivity index (χ4v) is 3.49. The van der Waals surface area contributed by atoms with E-state index in [1.54, 1.807) is 24.3 Å². The number of hydrogen-bond acceptors (Lipinski definition) is 3. The molecule has 25 heavy (non-hydrogen) atoms. The predicted octanol–water partition coefficient (Wildman–Crippen LogP) is 4.62. The number of nitrogens with one attached hydrogen (secondary N) is 1. The van der Waals surface area contributed by atoms with Crippen molar-refractivity contribution in [2.75, 3.05) is 16.0 Å². The molecule has 1 saturated heterocycles. The predicted molar refractivity (Wildman–Crippen MR) is 104 cm³/mol. The maximum absolute atomic E-state index is 12.3. The zero-order valence-electron chi connectivity index (χ0n) is 13.7. The first-order valence-corrected chi connectivity index (χ1v) is 8.98. The Morgan fingerprint density at radius 3 is 2.60 bits per heavy atom. The molecule has 1 heterocycles. The molecule has 0 spiro atoms. The number of benzene rings is 2. The molecule has 1 aliphatic heterocycles. The van der Waals surface area contributed by atoms with Gasteiger partial charge in [-0.15, -0.1) is 0 Å². The molecule has 3 rings (SSSR count). The van der Waals surface area contributed by atoms with Crippen LogP contribution in [0.4, 0.5) is 16.2 Å². The van der Waals surface area contributed by atoms with Crippen molar-refractivity contribution in [1.29, 1.82) is 0 Å². The molecule has 0 radical (unpaired) electrons. The van der Waals surface area contributed by atoms with Crippen molar-refractivity contribution in [3.05, 3.63) is 58.6 Å². The van der Waals surface area contributed by atoms with E-state index in [0.29, 0.717) is 15.9 Å². The summed E-state index contributed by atoms with van der Waals surface area (Å²) in [4.78, 5) is 30.0. The third-order valence-electron chi connectivity index (χ3n) is 3.65. The number of aliphatic imine (C=N–C) groups is 1. The zero-order chi connectivity index (χ0) is 18.0. The molecule has 1 N–H and O–H groups in total. The van der Waals surface area contributed by atoms with Crippen molar-refractivity contribution < 1.29 is 9.59 Å². The van der Waals surface area contributed by atoms with Crippen LogP contribution >= 0.6 is 23.4 Å². The molecule has 0 saturated carbocycles. The maximum Gasteiger partial charge on any atom is 0.347 e. The number of halogens is 1. The van der Waals surface area contributed by atoms with Gasteiger partial charge in [0.25, 0.3) is 0 Å². The van der Waals surface area contributed by atoms with E-state index in [9.17, 15) is 9.59 Å². The summed E-state index contributed by atoms with van der Waals surface area (Å²) in [6, 6.07) is 12.0. The van der Waals surface area contributed by atoms with Crippen molar-refractivity contribution >= 4 is 51.8 Å². The van der Waals surface area contributed by atoms with Crippen LogP contribution in [-0.2, 0) is 4.79 Å². The van der Waals surface area contributed by atoms with Gasteiger partial charge >= 0.3 is 6.03 Å². The molecular formula is C18H16ClN3O2S. The van der Waals surface area contributed by atoms with Gasteiger partial charge in [-0.3, -0.25) is 9.69 Å². The molecule has 0 atom stereocenters. The van der Waals surface area contributed by atoms with Gasteiger partial charge in [0, 0.05) is 10.7 Å². The molecule has 0 aliphatic carbocycles. The number of carbonyl (C=O) groups is 2. The summed E-state index contributed by atoms with van der Waals surface area (Å²) in [5.41, 5.74) is 3.41. The van der Waals surface area contributed by atoms with Crippen LogP contribution in [-0.4, -0.2) is 22.9 Å². The molecular weight excluding hydrogens is 358 g/mol. The molecule has 1 fully saturated rings. The van der Waals surface area contributed by atoms with Gasteiger partial charge in [0.05, 0.1) is 11.4 Å². The lowest BCUT2D eigenvalue weighted by Gasteiger charge is -2.18. The summed E-state index contributed by atoms with van der Waals surface area (Å²) in [7, 11) is 0. The number of amides is 3. The van der Waals surface area contributed by atoms with E-state index < -0.39 is 6.03 Å². The summed E-state index contributed by atoms with van der Waals surface area (Å²) >= 11 is 7.08. The largest absolute Gasteiger partial charge is 0.347 e. The van der Waals surface area contributed by atoms with Crippen LogP contribution in [0.15, 0.2) is 47.5 Å². The second-order valence-electron chi connectivity index (χ2n) is 5.64. The highest BCUT2D eigenvalue weighted by Crippen LogP contribution is 2.30. The Morgan fingerprint density at radius 1 is 1.20 bits per heavy atom. The molecule has 0 aromatic heterocycles. The molecule has 0 unspecified atom stereocenters. The van der Waals surface area contributed by atoms with Crippen molar-refractivity contribution in [1.82, 2.24) is 0 Å². The molecule has 2 aromatic rings. The number of hydrogen-bond donors (Lipinski definition) is 1. The minimum Gasteiger partial charge on any atom is -0.306 e. The molecule has 2 aromatic carbocycles. The van der Waals surface area contributed by atoms with Crippen LogP contribution in [0.25, 0.3) is 0 Å². The van der Waals surface area contributed by atoms with Crippen LogP contribution in [0.5, 0.6) is 0 Å². The first-order chi connectivity index (χ1) is 11.9. The van der Waals surface area contributed by atoms with Gasteiger partial charge in [0.2, 0.25) is 5.91 Å². The van der Waals surface area contributed by atoms with E-state index in [4.69, 9.17) is 11.6 Å². The highest BCUT2D eigenvalue weighted by Gasteiger charge is 2.31. The average molecular weight is 374 g/mol. The number of urea groups is 1. The Kier molecular flexibility index (Phi) is 5.11. The lowest BCUT2D eigenvalue weighted by Crippen LogP contribution is -2.30. The number of aryl methyl sites for hydroxylation is 2. The SMILES string of the molecule is Cc1ccc(N2C(=O)CS/C2=N/C(=O)Nc2ccc(Cl)cc2)c(C)c1. The summed E-state index contributed by atoms with van der Waals surface area (Å²) in [5, 5.41) is 3.63. The molecule has 128 valence electrons. The van der Waals surface area contributed by atoms with E-state index in [2.05, 4.69) is 10.3 Å². The van der Waals surface area contributed by atoms with E-state index >= 15 is 0 Å². The van der Waals surface area contributed by atoms with Crippen LogP contribution in [0.3, 0.4) is 0 Å². The molecule has 7 heteroatoms. The van der Waals surface area contributed by atoms with Crippen LogP contribution in [0.1, 0.15) is 11.1 Å². The third kappa shape index (κ3) is 4.03. The number of anilines is 2. The van der Waals surface area contributed by atoms with Crippen molar-refractivity contribution in [3.8, 4) is 0 Å². The van der Waals surface area contributed by atoms with E-state index in [-0.39, 0.29) is 11.7 Å². The molecule has 3 amide bonds. The fraction of sp³-hybridized carbons (Fsp3) is 0.167. The van der Waals surface area contributed by atoms with Gasteiger partial charge in [0.1, 0.15) is 0 Å². The molecule has 1 aliphatic rings. The van der Waals surface area contributed by atoms with E-state index in [1.165, 1.54) is 16.7 Å². The monoisotopic (exact) mass is 373 g/mol. The Labute approximate surface area is 155 Å². The van der Waals surface area contributed by atoms with Crippen LogP contribution < -0.4 is 10.2 Å². The number of carbonyl (C=O) groups excluding carboxylic acids is 2. The third-order valence-corrected chi connectivity index (χ3v) is 4.83. The van der Waals surface area contributed by atoms with Gasteiger partial charge in [-0.05, 0) is 49.7 Å². The van der Waals surface area contributed by atoms with Crippen LogP contribution in [0.2, 0.25) is 5.02 Å². The van der Waals surface area contributed by atoms with Crippen molar-refractivity contribution in [3.63, 3.8) is 0 Å². The Hall–Kier alpha value is -2.31. The number of rotatable bonds is 2. The van der Waals surface area contributed by atoms with Crippen LogP contribution in [0, 0.1) is 13.8 Å². The Bertz CT molecular complexity index is 865. The minimum atomic E-state index is -0.533. The summed E-state index contributed by atoms with van der Waals surface area (Å²) in [6.45, 7) is 3.93. The summed E-state index contributed by atoms with van der Waals surface area (Å²) in [5.74, 6) is 0.176.